The second-order valence-electron chi connectivity index (χ2n) is 26.6. The van der Waals surface area contributed by atoms with Gasteiger partial charge in [-0.3, -0.25) is 0 Å². The van der Waals surface area contributed by atoms with Gasteiger partial charge in [0, 0.05) is 65.8 Å². The number of nitriles is 1. The third-order valence-electron chi connectivity index (χ3n) is 21.0. The van der Waals surface area contributed by atoms with Gasteiger partial charge in [-0.15, -0.1) is 0 Å². The Hall–Kier alpha value is -13.8. The highest BCUT2D eigenvalue weighted by Gasteiger charge is 2.21. The third-order valence-corrected chi connectivity index (χ3v) is 21.0. The molecule has 0 unspecified atom stereocenters. The Kier molecular flexibility index (Phi) is 13.6. The average Bonchev–Trinajstić information content (AvgIpc) is 1.67. The van der Waals surface area contributed by atoms with E-state index >= 15 is 0 Å². The molecule has 0 saturated heterocycles. The monoisotopic (exact) mass is 1300 g/mol. The molecule has 0 atom stereocenters. The lowest BCUT2D eigenvalue weighted by molar-refractivity contribution is 1.18. The first-order chi connectivity index (χ1) is 50.5. The molecule has 0 amide bonds. The zero-order chi connectivity index (χ0) is 67.4. The Labute approximate surface area is 588 Å². The van der Waals surface area contributed by atoms with Gasteiger partial charge in [-0.05, 0) is 204 Å². The van der Waals surface area contributed by atoms with Crippen LogP contribution in [0.4, 0.5) is 0 Å². The molecule has 0 radical (unpaired) electrons. The quantitative estimate of drug-likeness (QED) is 0.140. The molecule has 4 aromatic heterocycles. The van der Waals surface area contributed by atoms with E-state index in [4.69, 9.17) is 0 Å². The summed E-state index contributed by atoms with van der Waals surface area (Å²) in [6.45, 7) is 0. The molecule has 474 valence electrons. The minimum absolute atomic E-state index is 0.652. The van der Waals surface area contributed by atoms with Crippen molar-refractivity contribution in [3.8, 4) is 73.3 Å². The van der Waals surface area contributed by atoms with Gasteiger partial charge in [-0.25, -0.2) is 0 Å². The van der Waals surface area contributed by atoms with Crippen LogP contribution >= 0.6 is 0 Å². The van der Waals surface area contributed by atoms with E-state index in [1.807, 2.05) is 18.2 Å². The van der Waals surface area contributed by atoms with E-state index in [-0.39, 0.29) is 0 Å². The summed E-state index contributed by atoms with van der Waals surface area (Å²) in [7, 11) is 0. The molecule has 21 rings (SSSR count). The number of hydrogen-bond acceptors (Lipinski definition) is 1. The Bertz CT molecular complexity index is 6940. The maximum atomic E-state index is 9.55. The van der Waals surface area contributed by atoms with Crippen molar-refractivity contribution in [2.24, 2.45) is 0 Å². The van der Waals surface area contributed by atoms with Crippen LogP contribution < -0.4 is 0 Å². The van der Waals surface area contributed by atoms with Gasteiger partial charge in [0.05, 0.1) is 55.8 Å². The van der Waals surface area contributed by atoms with Crippen molar-refractivity contribution in [2.45, 2.75) is 0 Å². The minimum Gasteiger partial charge on any atom is -0.309 e. The SMILES string of the molecule is N#Cc1cccc(-n2c3ccccc3c3cc(-c4ccc5c(c4)c4ccccc4n5-c4ccc(-c5ccccc5)cc4)ccc32)c1.c1ccc(-c2ccc(-n3c4ccccc4c4cc(-c5ccc6c(c5)c5ccccc5n6-c5ccc6c7ccccc7c7ccccc7c6c5)ccc43)cc2)cc1. The van der Waals surface area contributed by atoms with Crippen LogP contribution in [-0.2, 0) is 0 Å². The maximum Gasteiger partial charge on any atom is 0.0992 e. The molecule has 0 aliphatic heterocycles. The molecule has 4 heterocycles. The van der Waals surface area contributed by atoms with Gasteiger partial charge in [-0.1, -0.05) is 243 Å². The molecular formula is C97H61N5. The molecule has 0 fully saturated rings. The zero-order valence-corrected chi connectivity index (χ0v) is 55.5. The summed E-state index contributed by atoms with van der Waals surface area (Å²) >= 11 is 0. The van der Waals surface area contributed by atoms with Crippen molar-refractivity contribution in [2.75, 3.05) is 0 Å². The topological polar surface area (TPSA) is 43.5 Å². The zero-order valence-electron chi connectivity index (χ0n) is 55.5. The Balaban J connectivity index is 0.000000139. The molecule has 0 aliphatic rings. The fourth-order valence-electron chi connectivity index (χ4n) is 16.3. The highest BCUT2D eigenvalue weighted by Crippen LogP contribution is 2.43. The lowest BCUT2D eigenvalue weighted by Gasteiger charge is -2.14. The summed E-state index contributed by atoms with van der Waals surface area (Å²) < 4.78 is 9.47. The summed E-state index contributed by atoms with van der Waals surface area (Å²) in [5.41, 5.74) is 24.2. The molecule has 5 heteroatoms. The molecule has 0 aliphatic carbocycles. The van der Waals surface area contributed by atoms with Crippen LogP contribution in [0.5, 0.6) is 0 Å². The number of aromatic nitrogens is 4. The molecule has 5 nitrogen and oxygen atoms in total. The van der Waals surface area contributed by atoms with Crippen molar-refractivity contribution >= 4 is 120 Å². The van der Waals surface area contributed by atoms with Crippen LogP contribution in [0.3, 0.4) is 0 Å². The van der Waals surface area contributed by atoms with Gasteiger partial charge in [0.1, 0.15) is 0 Å². The lowest BCUT2D eigenvalue weighted by Crippen LogP contribution is -1.94. The first kappa shape index (κ1) is 58.4. The second kappa shape index (κ2) is 23.7. The number of fused-ring (bicyclic) bond motifs is 18. The molecule has 0 N–H and O–H groups in total. The number of rotatable bonds is 8. The molecule has 102 heavy (non-hydrogen) atoms. The van der Waals surface area contributed by atoms with Gasteiger partial charge in [-0.2, -0.15) is 5.26 Å². The first-order valence-corrected chi connectivity index (χ1v) is 34.8. The minimum atomic E-state index is 0.652. The Morgan fingerprint density at radius 1 is 0.157 bits per heavy atom. The molecule has 0 saturated carbocycles. The van der Waals surface area contributed by atoms with Gasteiger partial charge in [0.15, 0.2) is 0 Å². The van der Waals surface area contributed by atoms with E-state index < -0.39 is 0 Å². The van der Waals surface area contributed by atoms with Crippen molar-refractivity contribution in [1.82, 2.24) is 18.3 Å². The van der Waals surface area contributed by atoms with E-state index in [0.717, 1.165) is 28.1 Å². The van der Waals surface area contributed by atoms with Crippen LogP contribution in [-0.4, -0.2) is 18.3 Å². The van der Waals surface area contributed by atoms with E-state index in [2.05, 4.69) is 376 Å². The van der Waals surface area contributed by atoms with Crippen molar-refractivity contribution in [1.29, 1.82) is 5.26 Å². The van der Waals surface area contributed by atoms with Crippen LogP contribution in [0, 0.1) is 11.3 Å². The highest BCUT2D eigenvalue weighted by molar-refractivity contribution is 6.26. The third kappa shape index (κ3) is 9.46. The fourth-order valence-corrected chi connectivity index (χ4v) is 16.3. The summed E-state index contributed by atoms with van der Waals surface area (Å²) in [6, 6.07) is 136. The first-order valence-electron chi connectivity index (χ1n) is 34.8. The van der Waals surface area contributed by atoms with Crippen LogP contribution in [0.2, 0.25) is 0 Å². The molecule has 17 aromatic carbocycles. The van der Waals surface area contributed by atoms with E-state index in [1.165, 1.54) is 159 Å². The summed E-state index contributed by atoms with van der Waals surface area (Å²) in [5.74, 6) is 0. The summed E-state index contributed by atoms with van der Waals surface area (Å²) in [6.07, 6.45) is 0. The number of para-hydroxylation sites is 4. The van der Waals surface area contributed by atoms with Gasteiger partial charge < -0.3 is 18.3 Å². The molecule has 0 spiro atoms. The number of hydrogen-bond donors (Lipinski definition) is 0. The van der Waals surface area contributed by atoms with Gasteiger partial charge in [0.25, 0.3) is 0 Å². The average molecular weight is 1300 g/mol. The van der Waals surface area contributed by atoms with Gasteiger partial charge in [0.2, 0.25) is 0 Å². The predicted octanol–water partition coefficient (Wildman–Crippen LogP) is 25.8. The fraction of sp³-hybridized carbons (Fsp3) is 0. The maximum absolute atomic E-state index is 9.55. The number of nitrogens with zero attached hydrogens (tertiary/aromatic N) is 5. The van der Waals surface area contributed by atoms with Crippen molar-refractivity contribution in [3.63, 3.8) is 0 Å². The van der Waals surface area contributed by atoms with E-state index in [0.29, 0.717) is 5.56 Å². The Morgan fingerprint density at radius 2 is 0.422 bits per heavy atom. The second-order valence-corrected chi connectivity index (χ2v) is 26.6. The van der Waals surface area contributed by atoms with E-state index in [9.17, 15) is 5.26 Å². The molecular weight excluding hydrogens is 1240 g/mol. The van der Waals surface area contributed by atoms with Crippen LogP contribution in [0.15, 0.2) is 370 Å². The molecule has 0 bridgehead atoms. The number of benzene rings is 17. The summed E-state index contributed by atoms with van der Waals surface area (Å²) in [4.78, 5) is 0. The summed E-state index contributed by atoms with van der Waals surface area (Å²) in [5, 5.41) is 27.1. The van der Waals surface area contributed by atoms with E-state index in [1.54, 1.807) is 0 Å². The largest absolute Gasteiger partial charge is 0.309 e. The highest BCUT2D eigenvalue weighted by atomic mass is 15.0. The van der Waals surface area contributed by atoms with Crippen LogP contribution in [0.25, 0.3) is 187 Å². The lowest BCUT2D eigenvalue weighted by atomic mass is 9.94. The molecule has 21 aromatic rings. The Morgan fingerprint density at radius 3 is 0.784 bits per heavy atom. The standard InChI is InChI=1S/C54H34N2.C43H27N3/c1-2-12-35(13-3-1)36-22-26-39(27-23-36)55-51-20-10-8-18-46(51)49-32-37(24-30-53(49)55)38-25-31-54-50(33-38)47-19-9-11-21-52(47)56(54)40-28-29-45-43-16-5-4-14-41(43)42-15-6-7-17-44(42)48(45)34-40;44-28-29-9-8-12-35(25-29)46-41-16-7-5-14-37(41)39-27-33(20-24-43(39)46)32-19-23-42-38(26-32)36-13-4-6-15-40(36)45(42)34-21-17-31(18-22-34)30-10-2-1-3-11-30/h1-34H;1-27H. The van der Waals surface area contributed by atoms with Crippen molar-refractivity contribution < 1.29 is 0 Å². The predicted molar refractivity (Wildman–Crippen MR) is 429 cm³/mol. The normalized spacial score (nSPS) is 11.7. The van der Waals surface area contributed by atoms with Crippen molar-refractivity contribution in [3.05, 3.63) is 376 Å². The smallest absolute Gasteiger partial charge is 0.0992 e. The van der Waals surface area contributed by atoms with Crippen LogP contribution in [0.1, 0.15) is 5.56 Å². The van der Waals surface area contributed by atoms with Gasteiger partial charge >= 0.3 is 0 Å².